The number of nitrogens with one attached hydrogen (secondary N) is 2. The standard InChI is InChI=1S/C29H26N4O3/c1-32-12-14-33(15-13-32)22-9-7-21(8-10-22)30-18-25-24-16-20(6-11-23(24)28(34)31-29(25)35)27-17-19-4-2-3-5-26(19)36-27/h2-11,16-18,30H,12-15H2,1H3,(H,31,34,35). The molecule has 180 valence electrons. The number of likely N-dealkylation sites (N-methyl/N-ethyl adjacent to an activating group) is 1. The maximum absolute atomic E-state index is 12.8. The number of imide groups is 1. The molecule has 2 aliphatic heterocycles. The van der Waals surface area contributed by atoms with Gasteiger partial charge < -0.3 is 19.5 Å². The number of rotatable bonds is 4. The highest BCUT2D eigenvalue weighted by Crippen LogP contribution is 2.33. The van der Waals surface area contributed by atoms with Gasteiger partial charge in [-0.05, 0) is 55.6 Å². The van der Waals surface area contributed by atoms with E-state index in [2.05, 4.69) is 39.6 Å². The molecule has 2 amide bonds. The second-order valence-corrected chi connectivity index (χ2v) is 9.23. The molecule has 0 spiro atoms. The first-order valence-corrected chi connectivity index (χ1v) is 12.0. The molecule has 0 unspecified atom stereocenters. The summed E-state index contributed by atoms with van der Waals surface area (Å²) in [6.45, 7) is 4.11. The fraction of sp³-hybridized carbons (Fsp3) is 0.172. The molecule has 0 saturated carbocycles. The van der Waals surface area contributed by atoms with Crippen LogP contribution in [0.1, 0.15) is 15.9 Å². The van der Waals surface area contributed by atoms with Crippen LogP contribution in [0.4, 0.5) is 11.4 Å². The average Bonchev–Trinajstić information content (AvgIpc) is 3.34. The molecule has 3 heterocycles. The van der Waals surface area contributed by atoms with Crippen LogP contribution in [-0.4, -0.2) is 49.9 Å². The van der Waals surface area contributed by atoms with Crippen LogP contribution in [0.3, 0.4) is 0 Å². The molecule has 4 aromatic rings. The van der Waals surface area contributed by atoms with E-state index in [0.29, 0.717) is 22.5 Å². The largest absolute Gasteiger partial charge is 0.456 e. The van der Waals surface area contributed by atoms with Gasteiger partial charge in [0, 0.05) is 65.8 Å². The lowest BCUT2D eigenvalue weighted by Gasteiger charge is -2.34. The Balaban J connectivity index is 1.28. The number of piperazine rings is 1. The van der Waals surface area contributed by atoms with Gasteiger partial charge in [0.2, 0.25) is 0 Å². The van der Waals surface area contributed by atoms with Crippen molar-refractivity contribution < 1.29 is 14.0 Å². The second kappa shape index (κ2) is 9.02. The first-order valence-electron chi connectivity index (χ1n) is 12.0. The van der Waals surface area contributed by atoms with Crippen molar-refractivity contribution >= 4 is 39.7 Å². The van der Waals surface area contributed by atoms with Gasteiger partial charge in [0.15, 0.2) is 0 Å². The third kappa shape index (κ3) is 4.14. The van der Waals surface area contributed by atoms with Crippen LogP contribution in [0.25, 0.3) is 27.9 Å². The van der Waals surface area contributed by atoms with Gasteiger partial charge in [-0.2, -0.15) is 0 Å². The molecule has 7 heteroatoms. The number of fused-ring (bicyclic) bond motifs is 2. The molecule has 0 bridgehead atoms. The van der Waals surface area contributed by atoms with Crippen molar-refractivity contribution in [1.82, 2.24) is 10.2 Å². The van der Waals surface area contributed by atoms with E-state index in [1.54, 1.807) is 12.3 Å². The van der Waals surface area contributed by atoms with E-state index in [4.69, 9.17) is 4.42 Å². The smallest absolute Gasteiger partial charge is 0.260 e. The number of hydrogen-bond acceptors (Lipinski definition) is 6. The second-order valence-electron chi connectivity index (χ2n) is 9.23. The average molecular weight is 479 g/mol. The number of carbonyl (C=O) groups is 2. The van der Waals surface area contributed by atoms with Crippen molar-refractivity contribution in [3.8, 4) is 11.3 Å². The summed E-state index contributed by atoms with van der Waals surface area (Å²) in [6, 6.07) is 23.3. The highest BCUT2D eigenvalue weighted by atomic mass is 16.3. The van der Waals surface area contributed by atoms with Gasteiger partial charge in [0.05, 0.1) is 5.57 Å². The maximum Gasteiger partial charge on any atom is 0.260 e. The summed E-state index contributed by atoms with van der Waals surface area (Å²) in [6.07, 6.45) is 1.66. The maximum atomic E-state index is 12.8. The summed E-state index contributed by atoms with van der Waals surface area (Å²) >= 11 is 0. The summed E-state index contributed by atoms with van der Waals surface area (Å²) in [5, 5.41) is 6.67. The summed E-state index contributed by atoms with van der Waals surface area (Å²) in [7, 11) is 2.14. The van der Waals surface area contributed by atoms with Gasteiger partial charge in [0.1, 0.15) is 11.3 Å². The van der Waals surface area contributed by atoms with Gasteiger partial charge in [-0.1, -0.05) is 24.3 Å². The molecular formula is C29H26N4O3. The fourth-order valence-electron chi connectivity index (χ4n) is 4.73. The molecule has 1 fully saturated rings. The van der Waals surface area contributed by atoms with Gasteiger partial charge in [-0.15, -0.1) is 0 Å². The van der Waals surface area contributed by atoms with Crippen molar-refractivity contribution in [2.75, 3.05) is 43.4 Å². The molecule has 2 N–H and O–H groups in total. The van der Waals surface area contributed by atoms with Crippen molar-refractivity contribution in [3.05, 3.63) is 90.1 Å². The van der Waals surface area contributed by atoms with E-state index in [9.17, 15) is 9.59 Å². The van der Waals surface area contributed by atoms with E-state index < -0.39 is 11.8 Å². The third-order valence-electron chi connectivity index (χ3n) is 6.85. The van der Waals surface area contributed by atoms with Gasteiger partial charge in [0.25, 0.3) is 11.8 Å². The number of amides is 2. The lowest BCUT2D eigenvalue weighted by Crippen LogP contribution is -2.44. The molecule has 0 atom stereocenters. The van der Waals surface area contributed by atoms with Crippen LogP contribution >= 0.6 is 0 Å². The monoisotopic (exact) mass is 478 g/mol. The summed E-state index contributed by atoms with van der Waals surface area (Å²) in [4.78, 5) is 30.0. The molecule has 0 aliphatic carbocycles. The van der Waals surface area contributed by atoms with E-state index in [1.165, 1.54) is 5.69 Å². The van der Waals surface area contributed by atoms with Crippen LogP contribution in [0.15, 0.2) is 83.4 Å². The van der Waals surface area contributed by atoms with Crippen LogP contribution in [0.2, 0.25) is 0 Å². The Hall–Kier alpha value is -4.36. The SMILES string of the molecule is CN1CCN(c2ccc(NC=C3C(=O)NC(=O)c4ccc(-c5cc6ccccc6o5)cc43)cc2)CC1. The minimum atomic E-state index is -0.434. The van der Waals surface area contributed by atoms with Crippen LogP contribution in [-0.2, 0) is 4.79 Å². The Morgan fingerprint density at radius 1 is 0.861 bits per heavy atom. The summed E-state index contributed by atoms with van der Waals surface area (Å²) in [5.74, 6) is -0.153. The minimum absolute atomic E-state index is 0.394. The van der Waals surface area contributed by atoms with Gasteiger partial charge in [-0.3, -0.25) is 14.9 Å². The van der Waals surface area contributed by atoms with E-state index in [1.807, 2.05) is 54.6 Å². The predicted molar refractivity (Wildman–Crippen MR) is 142 cm³/mol. The summed E-state index contributed by atoms with van der Waals surface area (Å²) < 4.78 is 6.00. The first-order chi connectivity index (χ1) is 17.5. The van der Waals surface area contributed by atoms with Crippen molar-refractivity contribution in [2.24, 2.45) is 0 Å². The van der Waals surface area contributed by atoms with Gasteiger partial charge >= 0.3 is 0 Å². The van der Waals surface area contributed by atoms with Crippen molar-refractivity contribution in [1.29, 1.82) is 0 Å². The van der Waals surface area contributed by atoms with E-state index >= 15 is 0 Å². The predicted octanol–water partition coefficient (Wildman–Crippen LogP) is 4.57. The fourth-order valence-corrected chi connectivity index (χ4v) is 4.73. The Kier molecular flexibility index (Phi) is 5.54. The molecule has 7 nitrogen and oxygen atoms in total. The normalized spacial score (nSPS) is 17.4. The highest BCUT2D eigenvalue weighted by molar-refractivity contribution is 6.31. The summed E-state index contributed by atoms with van der Waals surface area (Å²) in [5.41, 5.74) is 5.05. The van der Waals surface area contributed by atoms with Crippen LogP contribution < -0.4 is 15.5 Å². The van der Waals surface area contributed by atoms with E-state index in [0.717, 1.165) is 48.4 Å². The lowest BCUT2D eigenvalue weighted by molar-refractivity contribution is -0.114. The molecule has 0 radical (unpaired) electrons. The number of nitrogens with zero attached hydrogens (tertiary/aromatic N) is 2. The molecule has 2 aliphatic rings. The molecular weight excluding hydrogens is 452 g/mol. The molecule has 1 saturated heterocycles. The zero-order valence-electron chi connectivity index (χ0n) is 20.0. The number of para-hydroxylation sites is 1. The van der Waals surface area contributed by atoms with E-state index in [-0.39, 0.29) is 0 Å². The quantitative estimate of drug-likeness (QED) is 0.330. The van der Waals surface area contributed by atoms with Gasteiger partial charge in [-0.25, -0.2) is 0 Å². The van der Waals surface area contributed by atoms with Crippen molar-refractivity contribution in [3.63, 3.8) is 0 Å². The molecule has 1 aromatic heterocycles. The first kappa shape index (κ1) is 22.1. The van der Waals surface area contributed by atoms with Crippen LogP contribution in [0, 0.1) is 0 Å². The van der Waals surface area contributed by atoms with Crippen LogP contribution in [0.5, 0.6) is 0 Å². The number of hydrogen-bond donors (Lipinski definition) is 2. The topological polar surface area (TPSA) is 77.8 Å². The zero-order valence-corrected chi connectivity index (χ0v) is 20.0. The highest BCUT2D eigenvalue weighted by Gasteiger charge is 2.28. The minimum Gasteiger partial charge on any atom is -0.456 e. The Bertz CT molecular complexity index is 1460. The van der Waals surface area contributed by atoms with Crippen molar-refractivity contribution in [2.45, 2.75) is 0 Å². The molecule has 36 heavy (non-hydrogen) atoms. The third-order valence-corrected chi connectivity index (χ3v) is 6.85. The molecule has 3 aromatic carbocycles. The number of carbonyl (C=O) groups excluding carboxylic acids is 2. The Morgan fingerprint density at radius 3 is 2.42 bits per heavy atom. The number of furan rings is 1. The molecule has 6 rings (SSSR count). The number of benzene rings is 3. The Morgan fingerprint density at radius 2 is 1.64 bits per heavy atom. The zero-order chi connectivity index (χ0) is 24.6. The number of anilines is 2. The lowest BCUT2D eigenvalue weighted by atomic mass is 9.93. The Labute approximate surface area is 209 Å².